The maximum absolute atomic E-state index is 2.48. The third-order valence-electron chi connectivity index (χ3n) is 11.2. The van der Waals surface area contributed by atoms with Gasteiger partial charge in [0.05, 0.1) is 0 Å². The highest BCUT2D eigenvalue weighted by Crippen LogP contribution is 2.53. The van der Waals surface area contributed by atoms with E-state index < -0.39 is 0 Å². The van der Waals surface area contributed by atoms with E-state index in [0.29, 0.717) is 0 Å². The van der Waals surface area contributed by atoms with E-state index in [1.165, 1.54) is 99.4 Å². The fraction of sp³-hybridized carbons (Fsp3) is 0.174. The molecule has 222 valence electrons. The second-order valence-electron chi connectivity index (χ2n) is 14.7. The summed E-state index contributed by atoms with van der Waals surface area (Å²) in [6, 6.07) is 46.4. The first-order chi connectivity index (χ1) is 22.1. The van der Waals surface area contributed by atoms with Crippen LogP contribution >= 0.6 is 0 Å². The van der Waals surface area contributed by atoms with Crippen LogP contribution in [0.15, 0.2) is 121 Å². The molecule has 0 amide bonds. The molecule has 9 rings (SSSR count). The van der Waals surface area contributed by atoms with Gasteiger partial charge in [-0.2, -0.15) is 0 Å². The van der Waals surface area contributed by atoms with Crippen molar-refractivity contribution in [1.29, 1.82) is 0 Å². The van der Waals surface area contributed by atoms with E-state index in [4.69, 9.17) is 0 Å². The second kappa shape index (κ2) is 9.30. The van der Waals surface area contributed by atoms with Crippen molar-refractivity contribution >= 4 is 21.5 Å². The number of aryl methyl sites for hydroxylation is 2. The van der Waals surface area contributed by atoms with Crippen molar-refractivity contribution in [3.63, 3.8) is 0 Å². The van der Waals surface area contributed by atoms with Crippen molar-refractivity contribution in [1.82, 2.24) is 0 Å². The van der Waals surface area contributed by atoms with Gasteiger partial charge in [-0.25, -0.2) is 0 Å². The van der Waals surface area contributed by atoms with Crippen molar-refractivity contribution in [3.8, 4) is 44.5 Å². The average molecular weight is 591 g/mol. The van der Waals surface area contributed by atoms with Gasteiger partial charge >= 0.3 is 0 Å². The Kier molecular flexibility index (Phi) is 5.54. The van der Waals surface area contributed by atoms with Crippen LogP contribution in [0.4, 0.5) is 0 Å². The molecule has 0 heterocycles. The molecule has 0 saturated carbocycles. The summed E-state index contributed by atoms with van der Waals surface area (Å²) < 4.78 is 0. The Labute approximate surface area is 272 Å². The van der Waals surface area contributed by atoms with E-state index in [1.807, 2.05) is 0 Å². The molecule has 0 bridgehead atoms. The molecule has 0 radical (unpaired) electrons. The van der Waals surface area contributed by atoms with Gasteiger partial charge in [0.25, 0.3) is 0 Å². The first-order valence-electron chi connectivity index (χ1n) is 16.6. The van der Waals surface area contributed by atoms with Crippen molar-refractivity contribution in [2.45, 2.75) is 52.4 Å². The Balaban J connectivity index is 1.29. The average Bonchev–Trinajstić information content (AvgIpc) is 3.41. The molecule has 0 saturated heterocycles. The minimum atomic E-state index is -0.0500. The second-order valence-corrected chi connectivity index (χ2v) is 14.7. The predicted molar refractivity (Wildman–Crippen MR) is 197 cm³/mol. The Morgan fingerprint density at radius 3 is 1.00 bits per heavy atom. The maximum Gasteiger partial charge on any atom is 0.0159 e. The van der Waals surface area contributed by atoms with Crippen LogP contribution in [-0.2, 0) is 10.8 Å². The van der Waals surface area contributed by atoms with Crippen LogP contribution < -0.4 is 0 Å². The topological polar surface area (TPSA) is 0 Å². The highest BCUT2D eigenvalue weighted by Gasteiger charge is 2.37. The van der Waals surface area contributed by atoms with Gasteiger partial charge in [-0.1, -0.05) is 148 Å². The molecule has 0 fully saturated rings. The summed E-state index contributed by atoms with van der Waals surface area (Å²) in [6.07, 6.45) is 0. The van der Waals surface area contributed by atoms with Crippen LogP contribution in [0.3, 0.4) is 0 Å². The van der Waals surface area contributed by atoms with Gasteiger partial charge in [-0.3, -0.25) is 0 Å². The molecule has 46 heavy (non-hydrogen) atoms. The van der Waals surface area contributed by atoms with Crippen molar-refractivity contribution in [3.05, 3.63) is 155 Å². The van der Waals surface area contributed by atoms with Crippen LogP contribution in [0.25, 0.3) is 66.1 Å². The number of hydrogen-bond acceptors (Lipinski definition) is 0. The van der Waals surface area contributed by atoms with Gasteiger partial charge in [-0.05, 0) is 114 Å². The highest BCUT2D eigenvalue weighted by molar-refractivity contribution is 6.21. The van der Waals surface area contributed by atoms with Gasteiger partial charge in [0.15, 0.2) is 0 Å². The standard InChI is InChI=1S/C46H38/c1-27-15-19-31-33-21-17-29(25-41(33)45(3,4)39(31)23-27)43-35-11-7-9-13-37(35)44(38-14-10-8-12-36(38)43)30-18-22-34-32-20-16-28(2)24-40(32)46(5,6)42(34)26-30/h7-26H,1-6H3. The third-order valence-corrected chi connectivity index (χ3v) is 11.2. The van der Waals surface area contributed by atoms with Crippen LogP contribution in [0.1, 0.15) is 61.1 Å². The van der Waals surface area contributed by atoms with Crippen molar-refractivity contribution in [2.75, 3.05) is 0 Å². The number of benzene rings is 7. The number of hydrogen-bond donors (Lipinski definition) is 0. The lowest BCUT2D eigenvalue weighted by Crippen LogP contribution is -2.15. The van der Waals surface area contributed by atoms with E-state index in [9.17, 15) is 0 Å². The maximum atomic E-state index is 2.48. The molecule has 0 unspecified atom stereocenters. The van der Waals surface area contributed by atoms with E-state index in [2.05, 4.69) is 163 Å². The Bertz CT molecular complexity index is 2200. The zero-order valence-electron chi connectivity index (χ0n) is 27.5. The monoisotopic (exact) mass is 590 g/mol. The summed E-state index contributed by atoms with van der Waals surface area (Å²) in [5.41, 5.74) is 18.9. The lowest BCUT2D eigenvalue weighted by atomic mass is 9.79. The summed E-state index contributed by atoms with van der Waals surface area (Å²) in [4.78, 5) is 0. The first kappa shape index (κ1) is 27.4. The van der Waals surface area contributed by atoms with E-state index in [0.717, 1.165) is 0 Å². The summed E-state index contributed by atoms with van der Waals surface area (Å²) in [6.45, 7) is 13.9. The molecule has 2 aliphatic carbocycles. The molecule has 7 aromatic rings. The Morgan fingerprint density at radius 1 is 0.348 bits per heavy atom. The normalized spacial score (nSPS) is 15.1. The summed E-state index contributed by atoms with van der Waals surface area (Å²) in [5.74, 6) is 0. The van der Waals surface area contributed by atoms with Crippen molar-refractivity contribution in [2.24, 2.45) is 0 Å². The molecule has 0 nitrogen and oxygen atoms in total. The summed E-state index contributed by atoms with van der Waals surface area (Å²) in [5, 5.41) is 5.22. The molecule has 0 atom stereocenters. The van der Waals surface area contributed by atoms with E-state index in [-0.39, 0.29) is 10.8 Å². The third kappa shape index (κ3) is 3.62. The quantitative estimate of drug-likeness (QED) is 0.176. The molecule has 7 aromatic carbocycles. The highest BCUT2D eigenvalue weighted by atomic mass is 14.4. The Hall–Kier alpha value is -4.94. The smallest absolute Gasteiger partial charge is 0.0159 e. The fourth-order valence-corrected chi connectivity index (χ4v) is 8.76. The molecule has 2 aliphatic rings. The lowest BCUT2D eigenvalue weighted by Gasteiger charge is -2.24. The Morgan fingerprint density at radius 2 is 0.652 bits per heavy atom. The van der Waals surface area contributed by atoms with E-state index in [1.54, 1.807) is 0 Å². The van der Waals surface area contributed by atoms with Gasteiger partial charge in [-0.15, -0.1) is 0 Å². The predicted octanol–water partition coefficient (Wildman–Crippen LogP) is 12.6. The molecular formula is C46H38. The minimum Gasteiger partial charge on any atom is -0.0616 e. The van der Waals surface area contributed by atoms with Crippen molar-refractivity contribution < 1.29 is 0 Å². The molecule has 0 spiro atoms. The van der Waals surface area contributed by atoms with Gasteiger partial charge < -0.3 is 0 Å². The zero-order chi connectivity index (χ0) is 31.5. The summed E-state index contributed by atoms with van der Waals surface area (Å²) >= 11 is 0. The SMILES string of the molecule is Cc1ccc2c(c1)C(C)(C)c1cc(-c3c4ccccc4c(-c4ccc5c(c4)C(C)(C)c4cc(C)ccc4-5)c4ccccc34)ccc1-2. The molecule has 0 aromatic heterocycles. The summed E-state index contributed by atoms with van der Waals surface area (Å²) in [7, 11) is 0. The van der Waals surface area contributed by atoms with Crippen LogP contribution in [0.2, 0.25) is 0 Å². The fourth-order valence-electron chi connectivity index (χ4n) is 8.76. The molecule has 0 aliphatic heterocycles. The minimum absolute atomic E-state index is 0.0500. The molecular weight excluding hydrogens is 553 g/mol. The number of fused-ring (bicyclic) bond motifs is 8. The first-order valence-corrected chi connectivity index (χ1v) is 16.6. The molecule has 0 heteroatoms. The number of rotatable bonds is 2. The van der Waals surface area contributed by atoms with Gasteiger partial charge in [0.2, 0.25) is 0 Å². The zero-order valence-corrected chi connectivity index (χ0v) is 27.5. The molecule has 0 N–H and O–H groups in total. The largest absolute Gasteiger partial charge is 0.0616 e. The van der Waals surface area contributed by atoms with Gasteiger partial charge in [0.1, 0.15) is 0 Å². The lowest BCUT2D eigenvalue weighted by molar-refractivity contribution is 0.660. The van der Waals surface area contributed by atoms with E-state index >= 15 is 0 Å². The van der Waals surface area contributed by atoms with Crippen LogP contribution in [0, 0.1) is 13.8 Å². The van der Waals surface area contributed by atoms with Crippen LogP contribution in [0.5, 0.6) is 0 Å². The van der Waals surface area contributed by atoms with Gasteiger partial charge in [0, 0.05) is 10.8 Å². The van der Waals surface area contributed by atoms with Crippen LogP contribution in [-0.4, -0.2) is 0 Å².